The van der Waals surface area contributed by atoms with E-state index in [4.69, 9.17) is 18.6 Å². The van der Waals surface area contributed by atoms with Crippen LogP contribution in [-0.2, 0) is 25.6 Å². The molecule has 1 fully saturated rings. The van der Waals surface area contributed by atoms with Gasteiger partial charge in [-0.3, -0.25) is 0 Å². The van der Waals surface area contributed by atoms with Crippen molar-refractivity contribution in [2.75, 3.05) is 19.8 Å². The normalized spacial score (nSPS) is 18.6. The Labute approximate surface area is 224 Å². The van der Waals surface area contributed by atoms with Crippen LogP contribution in [-0.4, -0.2) is 48.1 Å². The van der Waals surface area contributed by atoms with Crippen molar-refractivity contribution in [3.8, 4) is 11.5 Å². The summed E-state index contributed by atoms with van der Waals surface area (Å²) in [5, 5.41) is 9.54. The fourth-order valence-electron chi connectivity index (χ4n) is 4.66. The van der Waals surface area contributed by atoms with Crippen LogP contribution in [0.4, 0.5) is 0 Å². The summed E-state index contributed by atoms with van der Waals surface area (Å²) < 4.78 is 23.4. The zero-order chi connectivity index (χ0) is 26.7. The summed E-state index contributed by atoms with van der Waals surface area (Å²) in [4.78, 5) is 16.3. The molecule has 1 saturated carbocycles. The van der Waals surface area contributed by atoms with E-state index in [0.717, 1.165) is 53.8 Å². The zero-order valence-electron chi connectivity index (χ0n) is 22.2. The number of ether oxygens (including phenoxy) is 3. The molecule has 0 aliphatic heterocycles. The maximum Gasteiger partial charge on any atom is 0.335 e. The molecule has 38 heavy (non-hydrogen) atoms. The van der Waals surface area contributed by atoms with E-state index >= 15 is 0 Å². The van der Waals surface area contributed by atoms with Crippen molar-refractivity contribution >= 4 is 12.0 Å². The third-order valence-corrected chi connectivity index (χ3v) is 6.75. The quantitative estimate of drug-likeness (QED) is 0.286. The van der Waals surface area contributed by atoms with Crippen LogP contribution in [0.1, 0.15) is 48.3 Å². The Kier molecular flexibility index (Phi) is 10.3. The van der Waals surface area contributed by atoms with Crippen LogP contribution < -0.4 is 0 Å². The number of carbonyl (C=O) groups is 1. The second kappa shape index (κ2) is 14.0. The Bertz CT molecular complexity index is 1190. The summed E-state index contributed by atoms with van der Waals surface area (Å²) in [7, 11) is 0. The summed E-state index contributed by atoms with van der Waals surface area (Å²) >= 11 is 0. The van der Waals surface area contributed by atoms with E-state index in [2.05, 4.69) is 11.1 Å². The molecular weight excluding hydrogens is 482 g/mol. The fourth-order valence-corrected chi connectivity index (χ4v) is 4.66. The minimum atomic E-state index is -1.01. The molecule has 3 unspecified atom stereocenters. The smallest absolute Gasteiger partial charge is 0.335 e. The maximum atomic E-state index is 11.7. The number of rotatable bonds is 13. The highest BCUT2D eigenvalue weighted by Gasteiger charge is 2.26. The van der Waals surface area contributed by atoms with Crippen LogP contribution >= 0.6 is 0 Å². The van der Waals surface area contributed by atoms with Gasteiger partial charge in [0.1, 0.15) is 11.5 Å². The molecule has 1 aromatic heterocycles. The van der Waals surface area contributed by atoms with Crippen molar-refractivity contribution in [2.24, 2.45) is 5.92 Å². The number of oxazole rings is 1. The highest BCUT2D eigenvalue weighted by molar-refractivity contribution is 5.72. The van der Waals surface area contributed by atoms with Crippen molar-refractivity contribution in [1.82, 2.24) is 4.98 Å². The number of hydrogen-bond acceptors (Lipinski definition) is 6. The van der Waals surface area contributed by atoms with Crippen LogP contribution in [0.25, 0.3) is 17.5 Å². The highest BCUT2D eigenvalue weighted by Crippen LogP contribution is 2.28. The lowest BCUT2D eigenvalue weighted by atomic mass is 9.88. The van der Waals surface area contributed by atoms with Gasteiger partial charge in [0.15, 0.2) is 6.10 Å². The molecule has 2 aromatic carbocycles. The number of benzene rings is 2. The fraction of sp³-hybridized carbons (Fsp3) is 0.419. The van der Waals surface area contributed by atoms with E-state index in [9.17, 15) is 9.90 Å². The molecule has 0 amide bonds. The topological polar surface area (TPSA) is 91.0 Å². The third kappa shape index (κ3) is 8.38. The first-order valence-corrected chi connectivity index (χ1v) is 13.3. The van der Waals surface area contributed by atoms with Crippen molar-refractivity contribution < 1.29 is 28.5 Å². The summed E-state index contributed by atoms with van der Waals surface area (Å²) in [5.41, 5.74) is 3.97. The van der Waals surface area contributed by atoms with E-state index in [0.29, 0.717) is 25.0 Å². The van der Waals surface area contributed by atoms with Gasteiger partial charge in [0.05, 0.1) is 32.5 Å². The average molecular weight is 520 g/mol. The first-order valence-electron chi connectivity index (χ1n) is 13.3. The van der Waals surface area contributed by atoms with Gasteiger partial charge in [0.25, 0.3) is 0 Å². The molecule has 0 radical (unpaired) electrons. The minimum Gasteiger partial charge on any atom is -0.479 e. The van der Waals surface area contributed by atoms with Gasteiger partial charge in [-0.2, -0.15) is 0 Å². The van der Waals surface area contributed by atoms with Crippen LogP contribution in [0.5, 0.6) is 0 Å². The second-order valence-electron chi connectivity index (χ2n) is 9.87. The van der Waals surface area contributed by atoms with E-state index in [-0.39, 0.29) is 19.3 Å². The number of aryl methyl sites for hydroxylation is 2. The average Bonchev–Trinajstić information content (AvgIpc) is 3.29. The molecule has 0 bridgehead atoms. The van der Waals surface area contributed by atoms with Gasteiger partial charge in [-0.05, 0) is 56.7 Å². The maximum absolute atomic E-state index is 11.7. The number of nitrogens with zero attached hydrogens (tertiary/aromatic N) is 1. The Morgan fingerprint density at radius 1 is 1.16 bits per heavy atom. The summed E-state index contributed by atoms with van der Waals surface area (Å²) in [6, 6.07) is 17.9. The zero-order valence-corrected chi connectivity index (χ0v) is 22.2. The molecule has 0 spiro atoms. The minimum absolute atomic E-state index is 0.00405. The van der Waals surface area contributed by atoms with Crippen molar-refractivity contribution in [2.45, 2.75) is 58.3 Å². The lowest BCUT2D eigenvalue weighted by Crippen LogP contribution is -2.33. The molecule has 1 heterocycles. The number of hydrogen-bond donors (Lipinski definition) is 1. The SMILES string of the molecule is Cc1cccc(-c2nc(COCC3CCCC(OCC(OC/C=C/c4ccccc4)C(=O)O)C3)c(C)o2)c1. The molecule has 4 rings (SSSR count). The van der Waals surface area contributed by atoms with Crippen molar-refractivity contribution in [3.05, 3.63) is 83.3 Å². The molecular formula is C31H37NO6. The van der Waals surface area contributed by atoms with Crippen LogP contribution in [0, 0.1) is 19.8 Å². The predicted octanol–water partition coefficient (Wildman–Crippen LogP) is 6.23. The van der Waals surface area contributed by atoms with Gasteiger partial charge < -0.3 is 23.7 Å². The largest absolute Gasteiger partial charge is 0.479 e. The summed E-state index contributed by atoms with van der Waals surface area (Å²) in [5.74, 6) is 0.725. The van der Waals surface area contributed by atoms with Crippen LogP contribution in [0.15, 0.2) is 65.1 Å². The molecule has 7 heteroatoms. The summed E-state index contributed by atoms with van der Waals surface area (Å²) in [6.07, 6.45) is 6.59. The van der Waals surface area contributed by atoms with Gasteiger partial charge in [0, 0.05) is 5.56 Å². The lowest BCUT2D eigenvalue weighted by Gasteiger charge is -2.29. The number of aliphatic carboxylic acids is 1. The van der Waals surface area contributed by atoms with Gasteiger partial charge >= 0.3 is 5.97 Å². The molecule has 202 valence electrons. The molecule has 1 aliphatic carbocycles. The third-order valence-electron chi connectivity index (χ3n) is 6.75. The van der Waals surface area contributed by atoms with E-state index < -0.39 is 12.1 Å². The van der Waals surface area contributed by atoms with E-state index in [1.54, 1.807) is 0 Å². The van der Waals surface area contributed by atoms with Crippen molar-refractivity contribution in [1.29, 1.82) is 0 Å². The van der Waals surface area contributed by atoms with Crippen molar-refractivity contribution in [3.63, 3.8) is 0 Å². The van der Waals surface area contributed by atoms with Crippen LogP contribution in [0.2, 0.25) is 0 Å². The first kappa shape index (κ1) is 27.8. The first-order chi connectivity index (χ1) is 18.5. The Morgan fingerprint density at radius 3 is 2.79 bits per heavy atom. The lowest BCUT2D eigenvalue weighted by molar-refractivity contribution is -0.156. The standard InChI is InChI=1S/C31H37NO6/c1-22-9-6-14-26(17-22)30-32-28(23(2)38-30)20-35-19-25-12-7-15-27(18-25)37-21-29(31(33)34)36-16-8-13-24-10-4-3-5-11-24/h3-6,8-11,13-14,17,25,27,29H,7,12,15-16,18-21H2,1-2H3,(H,33,34)/b13-8+. The number of carboxylic acid groups (broad SMARTS) is 1. The molecule has 3 aromatic rings. The van der Waals surface area contributed by atoms with E-state index in [1.165, 1.54) is 0 Å². The Balaban J connectivity index is 1.19. The van der Waals surface area contributed by atoms with Gasteiger partial charge in [-0.15, -0.1) is 0 Å². The van der Waals surface area contributed by atoms with Gasteiger partial charge in [0.2, 0.25) is 5.89 Å². The molecule has 3 atom stereocenters. The monoisotopic (exact) mass is 519 g/mol. The molecule has 1 N–H and O–H groups in total. The second-order valence-corrected chi connectivity index (χ2v) is 9.87. The van der Waals surface area contributed by atoms with Gasteiger partial charge in [-0.25, -0.2) is 9.78 Å². The predicted molar refractivity (Wildman–Crippen MR) is 146 cm³/mol. The molecule has 7 nitrogen and oxygen atoms in total. The van der Waals surface area contributed by atoms with Crippen LogP contribution in [0.3, 0.4) is 0 Å². The Morgan fingerprint density at radius 2 is 2.00 bits per heavy atom. The van der Waals surface area contributed by atoms with E-state index in [1.807, 2.05) is 74.5 Å². The van der Waals surface area contributed by atoms with Gasteiger partial charge in [-0.1, -0.05) is 66.6 Å². The number of carboxylic acids is 1. The highest BCUT2D eigenvalue weighted by atomic mass is 16.6. The molecule has 1 aliphatic rings. The number of aromatic nitrogens is 1. The Hall–Kier alpha value is -3.26. The summed E-state index contributed by atoms with van der Waals surface area (Å²) in [6.45, 7) is 5.21. The molecule has 0 saturated heterocycles.